The molecular weight excluding hydrogens is 288 g/mol. The first-order valence-corrected chi connectivity index (χ1v) is 6.46. The molecule has 0 amide bonds. The van der Waals surface area contributed by atoms with Crippen LogP contribution in [0.4, 0.5) is 0 Å². The number of rotatable bonds is 3. The van der Waals surface area contributed by atoms with E-state index in [1.165, 1.54) is 29.4 Å². The number of hydrogen-bond acceptors (Lipinski definition) is 5. The van der Waals surface area contributed by atoms with Crippen LogP contribution >= 0.6 is 11.6 Å². The summed E-state index contributed by atoms with van der Waals surface area (Å²) in [5, 5.41) is 18.8. The topological polar surface area (TPSA) is 93.7 Å². The molecule has 110 valence electrons. The molecule has 1 aromatic rings. The molecule has 1 aliphatic rings. The molecule has 3 atom stereocenters. The third-order valence-electron chi connectivity index (χ3n) is 3.27. The van der Waals surface area contributed by atoms with Crippen LogP contribution in [-0.2, 0) is 11.8 Å². The summed E-state index contributed by atoms with van der Waals surface area (Å²) < 4.78 is 7.56. The second kappa shape index (κ2) is 5.92. The lowest BCUT2D eigenvalue weighted by atomic mass is 10.2. The Labute approximate surface area is 119 Å². The SMILES string of the molecule is Cn1c(=O)c(/C=C/Cl)cn([C@@H]2CC(O)[C@H](CO)O2)c1=O. The number of aliphatic hydroxyl groups is 2. The van der Waals surface area contributed by atoms with Gasteiger partial charge in [0.25, 0.3) is 5.56 Å². The molecule has 1 saturated heterocycles. The molecule has 7 nitrogen and oxygen atoms in total. The Morgan fingerprint density at radius 2 is 2.25 bits per heavy atom. The van der Waals surface area contributed by atoms with E-state index in [4.69, 9.17) is 21.4 Å². The van der Waals surface area contributed by atoms with Crippen molar-refractivity contribution in [1.82, 2.24) is 9.13 Å². The van der Waals surface area contributed by atoms with Crippen molar-refractivity contribution in [3.05, 3.63) is 38.1 Å². The van der Waals surface area contributed by atoms with Gasteiger partial charge >= 0.3 is 5.69 Å². The quantitative estimate of drug-likeness (QED) is 0.777. The van der Waals surface area contributed by atoms with Gasteiger partial charge in [-0.3, -0.25) is 13.9 Å². The van der Waals surface area contributed by atoms with Crippen molar-refractivity contribution >= 4 is 17.7 Å². The minimum atomic E-state index is -0.860. The van der Waals surface area contributed by atoms with Crippen LogP contribution in [0.3, 0.4) is 0 Å². The summed E-state index contributed by atoms with van der Waals surface area (Å²) in [5.74, 6) is 0. The highest BCUT2D eigenvalue weighted by molar-refractivity contribution is 6.27. The fourth-order valence-electron chi connectivity index (χ4n) is 2.15. The molecule has 1 aliphatic heterocycles. The number of ether oxygens (including phenoxy) is 1. The number of halogens is 1. The van der Waals surface area contributed by atoms with Gasteiger partial charge in [-0.1, -0.05) is 11.6 Å². The van der Waals surface area contributed by atoms with Gasteiger partial charge in [0.15, 0.2) is 0 Å². The Morgan fingerprint density at radius 1 is 1.55 bits per heavy atom. The Kier molecular flexibility index (Phi) is 4.44. The molecule has 0 radical (unpaired) electrons. The average molecular weight is 303 g/mol. The Balaban J connectivity index is 2.48. The minimum absolute atomic E-state index is 0.160. The third-order valence-corrected chi connectivity index (χ3v) is 3.40. The van der Waals surface area contributed by atoms with Crippen LogP contribution in [0.5, 0.6) is 0 Å². The predicted octanol–water partition coefficient (Wildman–Crippen LogP) is -0.603. The lowest BCUT2D eigenvalue weighted by Gasteiger charge is -2.16. The number of aliphatic hydroxyl groups excluding tert-OH is 2. The van der Waals surface area contributed by atoms with Gasteiger partial charge in [0, 0.05) is 25.2 Å². The van der Waals surface area contributed by atoms with Gasteiger partial charge in [0.1, 0.15) is 12.3 Å². The minimum Gasteiger partial charge on any atom is -0.394 e. The molecule has 0 spiro atoms. The van der Waals surface area contributed by atoms with Crippen molar-refractivity contribution in [2.24, 2.45) is 7.05 Å². The monoisotopic (exact) mass is 302 g/mol. The van der Waals surface area contributed by atoms with Crippen molar-refractivity contribution in [1.29, 1.82) is 0 Å². The van der Waals surface area contributed by atoms with Crippen LogP contribution in [0.2, 0.25) is 0 Å². The molecule has 0 aromatic carbocycles. The summed E-state index contributed by atoms with van der Waals surface area (Å²) in [6, 6.07) is 0. The van der Waals surface area contributed by atoms with Gasteiger partial charge in [-0.25, -0.2) is 4.79 Å². The summed E-state index contributed by atoms with van der Waals surface area (Å²) in [5.41, 5.74) is 0.373. The Hall–Kier alpha value is -1.41. The molecule has 0 aliphatic carbocycles. The van der Waals surface area contributed by atoms with Crippen molar-refractivity contribution in [2.45, 2.75) is 24.9 Å². The van der Waals surface area contributed by atoms with Gasteiger partial charge < -0.3 is 14.9 Å². The fraction of sp³-hybridized carbons (Fsp3) is 0.500. The zero-order chi connectivity index (χ0) is 14.9. The van der Waals surface area contributed by atoms with E-state index in [-0.39, 0.29) is 18.6 Å². The summed E-state index contributed by atoms with van der Waals surface area (Å²) >= 11 is 5.46. The molecule has 1 aromatic heterocycles. The van der Waals surface area contributed by atoms with Crippen LogP contribution < -0.4 is 11.2 Å². The van der Waals surface area contributed by atoms with E-state index in [0.29, 0.717) is 0 Å². The van der Waals surface area contributed by atoms with E-state index in [0.717, 1.165) is 4.57 Å². The van der Waals surface area contributed by atoms with E-state index in [1.807, 2.05) is 0 Å². The van der Waals surface area contributed by atoms with Crippen LogP contribution in [0, 0.1) is 0 Å². The predicted molar refractivity (Wildman–Crippen MR) is 72.4 cm³/mol. The molecule has 20 heavy (non-hydrogen) atoms. The van der Waals surface area contributed by atoms with E-state index in [1.54, 1.807) is 0 Å². The average Bonchev–Trinajstić information content (AvgIpc) is 2.80. The zero-order valence-electron chi connectivity index (χ0n) is 10.8. The first-order valence-electron chi connectivity index (χ1n) is 6.03. The molecule has 0 saturated carbocycles. The molecule has 0 bridgehead atoms. The molecule has 1 unspecified atom stereocenters. The molecule has 2 heterocycles. The van der Waals surface area contributed by atoms with Crippen LogP contribution in [0.25, 0.3) is 6.08 Å². The van der Waals surface area contributed by atoms with Crippen molar-refractivity contribution in [3.8, 4) is 0 Å². The highest BCUT2D eigenvalue weighted by Gasteiger charge is 2.35. The summed E-state index contributed by atoms with van der Waals surface area (Å²) in [6.45, 7) is -0.341. The fourth-order valence-corrected chi connectivity index (χ4v) is 2.29. The van der Waals surface area contributed by atoms with Crippen molar-refractivity contribution in [3.63, 3.8) is 0 Å². The standard InChI is InChI=1S/C12H15ClN2O5/c1-14-11(18)7(2-3-13)5-15(12(14)19)10-4-8(17)9(6-16)20-10/h2-3,5,8-10,16-17H,4,6H2,1H3/b3-2+/t8?,9-,10-/m0/s1. The highest BCUT2D eigenvalue weighted by atomic mass is 35.5. The first kappa shape index (κ1) is 15.0. The van der Waals surface area contributed by atoms with E-state index < -0.39 is 29.7 Å². The van der Waals surface area contributed by atoms with Gasteiger partial charge in [-0.05, 0) is 6.08 Å². The van der Waals surface area contributed by atoms with Crippen LogP contribution in [0.15, 0.2) is 21.3 Å². The smallest absolute Gasteiger partial charge is 0.332 e. The molecule has 1 fully saturated rings. The van der Waals surface area contributed by atoms with Crippen LogP contribution in [0.1, 0.15) is 18.2 Å². The number of nitrogens with zero attached hydrogens (tertiary/aromatic N) is 2. The van der Waals surface area contributed by atoms with Gasteiger partial charge in [-0.2, -0.15) is 0 Å². The number of hydrogen-bond donors (Lipinski definition) is 2. The molecule has 2 rings (SSSR count). The molecular formula is C12H15ClN2O5. The van der Waals surface area contributed by atoms with E-state index >= 15 is 0 Å². The lowest BCUT2D eigenvalue weighted by molar-refractivity contribution is -0.0462. The summed E-state index contributed by atoms with van der Waals surface area (Å²) in [6.07, 6.45) is 0.532. The van der Waals surface area contributed by atoms with Crippen molar-refractivity contribution < 1.29 is 14.9 Å². The maximum atomic E-state index is 12.1. The van der Waals surface area contributed by atoms with E-state index in [9.17, 15) is 14.7 Å². The second-order valence-electron chi connectivity index (χ2n) is 4.55. The zero-order valence-corrected chi connectivity index (χ0v) is 11.5. The van der Waals surface area contributed by atoms with E-state index in [2.05, 4.69) is 0 Å². The summed E-state index contributed by atoms with van der Waals surface area (Å²) in [4.78, 5) is 23.9. The summed E-state index contributed by atoms with van der Waals surface area (Å²) in [7, 11) is 1.35. The Bertz CT molecular complexity index is 636. The third kappa shape index (κ3) is 2.57. The Morgan fingerprint density at radius 3 is 2.80 bits per heavy atom. The normalized spacial score (nSPS) is 26.5. The van der Waals surface area contributed by atoms with Crippen LogP contribution in [-0.4, -0.2) is 38.2 Å². The first-order chi connectivity index (χ1) is 9.49. The van der Waals surface area contributed by atoms with Gasteiger partial charge in [0.2, 0.25) is 0 Å². The maximum absolute atomic E-state index is 12.1. The number of aromatic nitrogens is 2. The van der Waals surface area contributed by atoms with Gasteiger partial charge in [-0.15, -0.1) is 0 Å². The molecule has 8 heteroatoms. The van der Waals surface area contributed by atoms with Gasteiger partial charge in [0.05, 0.1) is 18.3 Å². The molecule has 2 N–H and O–H groups in total. The maximum Gasteiger partial charge on any atom is 0.332 e. The van der Waals surface area contributed by atoms with Crippen molar-refractivity contribution in [2.75, 3.05) is 6.61 Å². The highest BCUT2D eigenvalue weighted by Crippen LogP contribution is 2.27. The lowest BCUT2D eigenvalue weighted by Crippen LogP contribution is -2.40. The second-order valence-corrected chi connectivity index (χ2v) is 4.80. The largest absolute Gasteiger partial charge is 0.394 e.